The normalized spacial score (nSPS) is 10.8. The monoisotopic (exact) mass is 284 g/mol. The first kappa shape index (κ1) is 12.9. The summed E-state index contributed by atoms with van der Waals surface area (Å²) in [6.07, 6.45) is 1.79. The van der Waals surface area contributed by atoms with Crippen LogP contribution < -0.4 is 5.73 Å². The lowest BCUT2D eigenvalue weighted by Gasteiger charge is -2.06. The van der Waals surface area contributed by atoms with Crippen LogP contribution in [-0.4, -0.2) is 4.98 Å². The largest absolute Gasteiger partial charge is 0.396 e. The van der Waals surface area contributed by atoms with E-state index in [1.165, 1.54) is 6.07 Å². The van der Waals surface area contributed by atoms with Crippen LogP contribution in [-0.2, 0) is 5.75 Å². The Hall–Kier alpha value is -2.07. The number of hydrogen-bond acceptors (Lipinski definition) is 3. The van der Waals surface area contributed by atoms with Gasteiger partial charge in [-0.1, -0.05) is 24.3 Å². The van der Waals surface area contributed by atoms with Crippen LogP contribution in [0.2, 0.25) is 0 Å². The summed E-state index contributed by atoms with van der Waals surface area (Å²) >= 11 is 1.58. The number of nitrogens with two attached hydrogens (primary N) is 1. The molecule has 0 radical (unpaired) electrons. The van der Waals surface area contributed by atoms with Crippen LogP contribution in [0.1, 0.15) is 5.56 Å². The van der Waals surface area contributed by atoms with Crippen LogP contribution in [0.25, 0.3) is 10.9 Å². The summed E-state index contributed by atoms with van der Waals surface area (Å²) in [5.41, 5.74) is 7.80. The van der Waals surface area contributed by atoms with Crippen LogP contribution in [0.3, 0.4) is 0 Å². The summed E-state index contributed by atoms with van der Waals surface area (Å²) in [6.45, 7) is 0. The zero-order valence-corrected chi connectivity index (χ0v) is 11.5. The molecule has 0 fully saturated rings. The van der Waals surface area contributed by atoms with E-state index in [-0.39, 0.29) is 11.5 Å². The number of fused-ring (bicyclic) bond motifs is 1. The minimum Gasteiger partial charge on any atom is -0.396 e. The number of halogens is 1. The summed E-state index contributed by atoms with van der Waals surface area (Å²) in [6, 6.07) is 15.0. The van der Waals surface area contributed by atoms with Gasteiger partial charge in [0.2, 0.25) is 0 Å². The fourth-order valence-corrected chi connectivity index (χ4v) is 2.95. The van der Waals surface area contributed by atoms with E-state index in [9.17, 15) is 4.39 Å². The molecule has 0 aliphatic heterocycles. The SMILES string of the molecule is Nc1ccc(SCc2cccc3cccnc23)cc1F. The molecule has 2 N–H and O–H groups in total. The molecule has 1 heterocycles. The summed E-state index contributed by atoms with van der Waals surface area (Å²) in [5, 5.41) is 1.12. The highest BCUT2D eigenvalue weighted by Gasteiger charge is 2.04. The molecule has 1 aromatic heterocycles. The van der Waals surface area contributed by atoms with Crippen molar-refractivity contribution in [3.05, 3.63) is 66.1 Å². The molecule has 0 spiro atoms. The van der Waals surface area contributed by atoms with Crippen molar-refractivity contribution in [2.45, 2.75) is 10.6 Å². The molecule has 2 aromatic carbocycles. The van der Waals surface area contributed by atoms with Crippen LogP contribution in [0.5, 0.6) is 0 Å². The first-order chi connectivity index (χ1) is 9.74. The number of anilines is 1. The molecule has 0 amide bonds. The molecule has 0 aliphatic carbocycles. The Morgan fingerprint density at radius 3 is 2.80 bits per heavy atom. The van der Waals surface area contributed by atoms with Crippen molar-refractivity contribution in [2.75, 3.05) is 5.73 Å². The molecule has 20 heavy (non-hydrogen) atoms. The summed E-state index contributed by atoms with van der Waals surface area (Å²) < 4.78 is 13.4. The maximum Gasteiger partial charge on any atom is 0.147 e. The number of thioether (sulfide) groups is 1. The number of pyridine rings is 1. The highest BCUT2D eigenvalue weighted by Crippen LogP contribution is 2.27. The average Bonchev–Trinajstić information content (AvgIpc) is 2.48. The van der Waals surface area contributed by atoms with Crippen LogP contribution in [0.4, 0.5) is 10.1 Å². The molecule has 4 heteroatoms. The van der Waals surface area contributed by atoms with E-state index in [1.807, 2.05) is 30.3 Å². The molecule has 0 unspecified atom stereocenters. The topological polar surface area (TPSA) is 38.9 Å². The molecule has 2 nitrogen and oxygen atoms in total. The number of benzene rings is 2. The van der Waals surface area contributed by atoms with Gasteiger partial charge >= 0.3 is 0 Å². The first-order valence-corrected chi connectivity index (χ1v) is 7.23. The summed E-state index contributed by atoms with van der Waals surface area (Å²) in [7, 11) is 0. The Bertz CT molecular complexity index is 753. The Morgan fingerprint density at radius 1 is 1.10 bits per heavy atom. The standard InChI is InChI=1S/C16H13FN2S/c17-14-9-13(6-7-15(14)18)20-10-12-4-1-3-11-5-2-8-19-16(11)12/h1-9H,10,18H2. The second kappa shape index (κ2) is 5.51. The third-order valence-corrected chi connectivity index (χ3v) is 4.13. The predicted molar refractivity (Wildman–Crippen MR) is 82.1 cm³/mol. The van der Waals surface area contributed by atoms with Gasteiger partial charge in [0.15, 0.2) is 0 Å². The van der Waals surface area contributed by atoms with Gasteiger partial charge in [-0.15, -0.1) is 11.8 Å². The number of nitrogen functional groups attached to an aromatic ring is 1. The summed E-state index contributed by atoms with van der Waals surface area (Å²) in [4.78, 5) is 5.28. The van der Waals surface area contributed by atoms with Gasteiger partial charge in [-0.25, -0.2) is 4.39 Å². The molecule has 0 bridgehead atoms. The third kappa shape index (κ3) is 2.60. The lowest BCUT2D eigenvalue weighted by Crippen LogP contribution is -1.90. The van der Waals surface area contributed by atoms with E-state index in [2.05, 4.69) is 11.1 Å². The van der Waals surface area contributed by atoms with Crippen molar-refractivity contribution < 1.29 is 4.39 Å². The Labute approximate surface area is 120 Å². The molecule has 0 saturated carbocycles. The molecular formula is C16H13FN2S. The second-order valence-corrected chi connectivity index (χ2v) is 5.51. The fourth-order valence-electron chi connectivity index (χ4n) is 2.04. The van der Waals surface area contributed by atoms with Gasteiger partial charge < -0.3 is 5.73 Å². The van der Waals surface area contributed by atoms with E-state index in [1.54, 1.807) is 24.0 Å². The van der Waals surface area contributed by atoms with E-state index in [0.29, 0.717) is 0 Å². The predicted octanol–water partition coefficient (Wildman–Crippen LogP) is 4.25. The number of nitrogens with zero attached hydrogens (tertiary/aromatic N) is 1. The summed E-state index contributed by atoms with van der Waals surface area (Å²) in [5.74, 6) is 0.378. The highest BCUT2D eigenvalue weighted by atomic mass is 32.2. The Kier molecular flexibility index (Phi) is 3.56. The van der Waals surface area contributed by atoms with Gasteiger partial charge in [0.25, 0.3) is 0 Å². The third-order valence-electron chi connectivity index (χ3n) is 3.08. The van der Waals surface area contributed by atoms with Crippen molar-refractivity contribution in [1.82, 2.24) is 4.98 Å². The fraction of sp³-hybridized carbons (Fsp3) is 0.0625. The van der Waals surface area contributed by atoms with Crippen LogP contribution >= 0.6 is 11.8 Å². The molecule has 0 saturated heterocycles. The van der Waals surface area contributed by atoms with Crippen molar-refractivity contribution in [1.29, 1.82) is 0 Å². The lowest BCUT2D eigenvalue weighted by atomic mass is 10.1. The maximum absolute atomic E-state index is 13.4. The van der Waals surface area contributed by atoms with Crippen LogP contribution in [0, 0.1) is 5.82 Å². The van der Waals surface area contributed by atoms with E-state index in [4.69, 9.17) is 5.73 Å². The Balaban J connectivity index is 1.85. The zero-order chi connectivity index (χ0) is 13.9. The van der Waals surface area contributed by atoms with Gasteiger partial charge in [-0.05, 0) is 29.8 Å². The molecule has 3 aromatic rings. The van der Waals surface area contributed by atoms with Crippen LogP contribution in [0.15, 0.2) is 59.6 Å². The van der Waals surface area contributed by atoms with Gasteiger partial charge in [0, 0.05) is 22.2 Å². The quantitative estimate of drug-likeness (QED) is 0.577. The number of rotatable bonds is 3. The van der Waals surface area contributed by atoms with Crippen molar-refractivity contribution >= 4 is 28.4 Å². The van der Waals surface area contributed by atoms with Gasteiger partial charge in [0.05, 0.1) is 11.2 Å². The molecule has 0 atom stereocenters. The minimum absolute atomic E-state index is 0.182. The smallest absolute Gasteiger partial charge is 0.147 e. The second-order valence-electron chi connectivity index (χ2n) is 4.46. The van der Waals surface area contributed by atoms with E-state index >= 15 is 0 Å². The molecule has 0 aliphatic rings. The average molecular weight is 284 g/mol. The minimum atomic E-state index is -0.369. The van der Waals surface area contributed by atoms with E-state index in [0.717, 1.165) is 27.1 Å². The number of hydrogen-bond donors (Lipinski definition) is 1. The molecule has 3 rings (SSSR count). The zero-order valence-electron chi connectivity index (χ0n) is 10.7. The number of para-hydroxylation sites is 1. The Morgan fingerprint density at radius 2 is 1.95 bits per heavy atom. The van der Waals surface area contributed by atoms with Crippen molar-refractivity contribution in [3.63, 3.8) is 0 Å². The van der Waals surface area contributed by atoms with Crippen molar-refractivity contribution in [3.8, 4) is 0 Å². The maximum atomic E-state index is 13.4. The van der Waals surface area contributed by atoms with E-state index < -0.39 is 0 Å². The first-order valence-electron chi connectivity index (χ1n) is 6.24. The molecular weight excluding hydrogens is 271 g/mol. The van der Waals surface area contributed by atoms with Gasteiger partial charge in [0.1, 0.15) is 5.82 Å². The number of aromatic nitrogens is 1. The van der Waals surface area contributed by atoms with Gasteiger partial charge in [-0.2, -0.15) is 0 Å². The molecule has 100 valence electrons. The highest BCUT2D eigenvalue weighted by molar-refractivity contribution is 7.98. The van der Waals surface area contributed by atoms with Crippen molar-refractivity contribution in [2.24, 2.45) is 0 Å². The lowest BCUT2D eigenvalue weighted by molar-refractivity contribution is 0.629. The van der Waals surface area contributed by atoms with Gasteiger partial charge in [-0.3, -0.25) is 4.98 Å².